The third-order valence-electron chi connectivity index (χ3n) is 5.23. The average molecular weight is 428 g/mol. The highest BCUT2D eigenvalue weighted by Gasteiger charge is 2.20. The zero-order chi connectivity index (χ0) is 22.7. The van der Waals surface area contributed by atoms with Gasteiger partial charge in [0.25, 0.3) is 0 Å². The van der Waals surface area contributed by atoms with Gasteiger partial charge in [-0.3, -0.25) is 0 Å². The molecule has 6 nitrogen and oxygen atoms in total. The zero-order valence-corrected chi connectivity index (χ0v) is 18.3. The molecule has 0 spiro atoms. The number of aryl methyl sites for hydroxylation is 2. The molecule has 4 aromatic rings. The number of methoxy groups -OCH3 is 1. The third kappa shape index (κ3) is 4.34. The fourth-order valence-electron chi connectivity index (χ4n) is 3.62. The molecular formula is C26H25N3O3. The molecule has 0 unspecified atom stereocenters. The first kappa shape index (κ1) is 21.2. The van der Waals surface area contributed by atoms with Crippen LogP contribution in [0.2, 0.25) is 0 Å². The standard InChI is InChI=1S/C26H25N3O3/c1-16-8-10-18(11-9-16)15-32-19-12-13-20(22(30)14-19)25-24(17(2)28-26(27)29-25)21-6-4-5-7-23(21)31-3/h4-14,30H,15H2,1-3H3,(H2,27,28,29). The number of para-hydroxylation sites is 1. The molecule has 0 radical (unpaired) electrons. The van der Waals surface area contributed by atoms with Gasteiger partial charge in [0.15, 0.2) is 0 Å². The SMILES string of the molecule is COc1ccccc1-c1c(C)nc(N)nc1-c1ccc(OCc2ccc(C)cc2)cc1O. The van der Waals surface area contributed by atoms with Crippen molar-refractivity contribution >= 4 is 5.95 Å². The molecule has 3 aromatic carbocycles. The van der Waals surface area contributed by atoms with Gasteiger partial charge < -0.3 is 20.3 Å². The van der Waals surface area contributed by atoms with Gasteiger partial charge in [-0.1, -0.05) is 48.0 Å². The Morgan fingerprint density at radius 3 is 2.38 bits per heavy atom. The lowest BCUT2D eigenvalue weighted by molar-refractivity contribution is 0.304. The molecule has 162 valence electrons. The topological polar surface area (TPSA) is 90.5 Å². The Hall–Kier alpha value is -4.06. The van der Waals surface area contributed by atoms with Crippen molar-refractivity contribution in [1.82, 2.24) is 9.97 Å². The third-order valence-corrected chi connectivity index (χ3v) is 5.23. The molecule has 32 heavy (non-hydrogen) atoms. The number of hydrogen-bond donors (Lipinski definition) is 2. The van der Waals surface area contributed by atoms with E-state index in [9.17, 15) is 5.11 Å². The van der Waals surface area contributed by atoms with Crippen molar-refractivity contribution in [3.63, 3.8) is 0 Å². The molecule has 0 aliphatic heterocycles. The van der Waals surface area contributed by atoms with Gasteiger partial charge in [-0.2, -0.15) is 0 Å². The minimum absolute atomic E-state index is 0.0417. The molecule has 3 N–H and O–H groups in total. The largest absolute Gasteiger partial charge is 0.507 e. The summed E-state index contributed by atoms with van der Waals surface area (Å²) in [6.07, 6.45) is 0. The highest BCUT2D eigenvalue weighted by atomic mass is 16.5. The highest BCUT2D eigenvalue weighted by Crippen LogP contribution is 2.41. The number of nitrogens with two attached hydrogens (primary N) is 1. The van der Waals surface area contributed by atoms with Crippen molar-refractivity contribution in [2.45, 2.75) is 20.5 Å². The van der Waals surface area contributed by atoms with Crippen LogP contribution in [0.1, 0.15) is 16.8 Å². The van der Waals surface area contributed by atoms with Crippen molar-refractivity contribution in [1.29, 1.82) is 0 Å². The molecule has 1 aromatic heterocycles. The van der Waals surface area contributed by atoms with Gasteiger partial charge in [0.05, 0.1) is 18.5 Å². The van der Waals surface area contributed by atoms with Crippen molar-refractivity contribution in [3.05, 3.63) is 83.6 Å². The summed E-state index contributed by atoms with van der Waals surface area (Å²) < 4.78 is 11.4. The quantitative estimate of drug-likeness (QED) is 0.434. The van der Waals surface area contributed by atoms with Crippen LogP contribution in [0.4, 0.5) is 5.95 Å². The van der Waals surface area contributed by atoms with Crippen molar-refractivity contribution in [3.8, 4) is 39.6 Å². The maximum Gasteiger partial charge on any atom is 0.220 e. The average Bonchev–Trinajstić information content (AvgIpc) is 2.78. The molecule has 0 saturated heterocycles. The number of rotatable bonds is 6. The van der Waals surface area contributed by atoms with Crippen LogP contribution in [0.5, 0.6) is 17.2 Å². The van der Waals surface area contributed by atoms with Crippen LogP contribution in [0, 0.1) is 13.8 Å². The van der Waals surface area contributed by atoms with Crippen molar-refractivity contribution in [2.24, 2.45) is 0 Å². The van der Waals surface area contributed by atoms with E-state index in [1.807, 2.05) is 68.4 Å². The van der Waals surface area contributed by atoms with Crippen LogP contribution >= 0.6 is 0 Å². The molecule has 0 fully saturated rings. The van der Waals surface area contributed by atoms with E-state index in [0.717, 1.165) is 16.7 Å². The number of benzene rings is 3. The van der Waals surface area contributed by atoms with E-state index in [0.29, 0.717) is 35.1 Å². The molecule has 0 aliphatic carbocycles. The second-order valence-corrected chi connectivity index (χ2v) is 7.54. The first-order chi connectivity index (χ1) is 15.5. The Balaban J connectivity index is 1.71. The molecule has 1 heterocycles. The molecule has 0 saturated carbocycles. The number of hydrogen-bond acceptors (Lipinski definition) is 6. The maximum absolute atomic E-state index is 10.8. The van der Waals surface area contributed by atoms with Gasteiger partial charge in [0.1, 0.15) is 23.9 Å². The Kier molecular flexibility index (Phi) is 5.94. The summed E-state index contributed by atoms with van der Waals surface area (Å²) in [4.78, 5) is 8.79. The molecule has 0 amide bonds. The Morgan fingerprint density at radius 2 is 1.66 bits per heavy atom. The molecule has 0 aliphatic rings. The smallest absolute Gasteiger partial charge is 0.220 e. The normalized spacial score (nSPS) is 10.7. The van der Waals surface area contributed by atoms with E-state index in [-0.39, 0.29) is 11.7 Å². The minimum atomic E-state index is 0.0417. The lowest BCUT2D eigenvalue weighted by Crippen LogP contribution is -2.03. The summed E-state index contributed by atoms with van der Waals surface area (Å²) in [5, 5.41) is 10.8. The molecular weight excluding hydrogens is 402 g/mol. The fraction of sp³-hybridized carbons (Fsp3) is 0.154. The summed E-state index contributed by atoms with van der Waals surface area (Å²) in [6, 6.07) is 20.9. The van der Waals surface area contributed by atoms with Crippen LogP contribution < -0.4 is 15.2 Å². The van der Waals surface area contributed by atoms with Crippen molar-refractivity contribution < 1.29 is 14.6 Å². The summed E-state index contributed by atoms with van der Waals surface area (Å²) in [5.41, 5.74) is 11.5. The number of ether oxygens (including phenoxy) is 2. The second kappa shape index (κ2) is 8.98. The van der Waals surface area contributed by atoms with Gasteiger partial charge in [0.2, 0.25) is 5.95 Å². The van der Waals surface area contributed by atoms with E-state index in [2.05, 4.69) is 9.97 Å². The maximum atomic E-state index is 10.8. The summed E-state index contributed by atoms with van der Waals surface area (Å²) in [7, 11) is 1.61. The number of nitrogens with zero attached hydrogens (tertiary/aromatic N) is 2. The number of aromatic nitrogens is 2. The van der Waals surface area contributed by atoms with Crippen molar-refractivity contribution in [2.75, 3.05) is 12.8 Å². The number of phenols is 1. The van der Waals surface area contributed by atoms with Gasteiger partial charge in [-0.15, -0.1) is 0 Å². The molecule has 4 rings (SSSR count). The molecule has 6 heteroatoms. The number of anilines is 1. The zero-order valence-electron chi connectivity index (χ0n) is 18.3. The minimum Gasteiger partial charge on any atom is -0.507 e. The van der Waals surface area contributed by atoms with Crippen LogP contribution in [0.15, 0.2) is 66.7 Å². The Labute approximate surface area is 187 Å². The lowest BCUT2D eigenvalue weighted by Gasteiger charge is -2.16. The predicted octanol–water partition coefficient (Wildman–Crippen LogP) is 5.30. The number of nitrogen functional groups attached to an aromatic ring is 1. The number of aromatic hydroxyl groups is 1. The predicted molar refractivity (Wildman–Crippen MR) is 126 cm³/mol. The molecule has 0 atom stereocenters. The van der Waals surface area contributed by atoms with Gasteiger partial charge in [0, 0.05) is 22.8 Å². The second-order valence-electron chi connectivity index (χ2n) is 7.54. The first-order valence-electron chi connectivity index (χ1n) is 10.3. The monoisotopic (exact) mass is 427 g/mol. The van der Waals surface area contributed by atoms with Crippen LogP contribution in [-0.4, -0.2) is 22.2 Å². The fourth-order valence-corrected chi connectivity index (χ4v) is 3.62. The Morgan fingerprint density at radius 1 is 0.906 bits per heavy atom. The molecule has 0 bridgehead atoms. The van der Waals surface area contributed by atoms with E-state index in [1.165, 1.54) is 5.56 Å². The van der Waals surface area contributed by atoms with Gasteiger partial charge >= 0.3 is 0 Å². The lowest BCUT2D eigenvalue weighted by atomic mass is 9.96. The summed E-state index contributed by atoms with van der Waals surface area (Å²) in [6.45, 7) is 4.31. The van der Waals surface area contributed by atoms with Gasteiger partial charge in [-0.25, -0.2) is 9.97 Å². The van der Waals surface area contributed by atoms with E-state index < -0.39 is 0 Å². The van der Waals surface area contributed by atoms with Crippen LogP contribution in [-0.2, 0) is 6.61 Å². The van der Waals surface area contributed by atoms with E-state index in [1.54, 1.807) is 19.2 Å². The first-order valence-corrected chi connectivity index (χ1v) is 10.3. The number of phenolic OH excluding ortho intramolecular Hbond substituents is 1. The van der Waals surface area contributed by atoms with E-state index in [4.69, 9.17) is 15.2 Å². The summed E-state index contributed by atoms with van der Waals surface area (Å²) >= 11 is 0. The Bertz CT molecular complexity index is 1250. The van der Waals surface area contributed by atoms with E-state index >= 15 is 0 Å². The summed E-state index contributed by atoms with van der Waals surface area (Å²) in [5.74, 6) is 1.42. The highest BCUT2D eigenvalue weighted by molar-refractivity contribution is 5.87. The van der Waals surface area contributed by atoms with Gasteiger partial charge in [-0.05, 0) is 37.6 Å². The van der Waals surface area contributed by atoms with Crippen LogP contribution in [0.3, 0.4) is 0 Å². The van der Waals surface area contributed by atoms with Crippen LogP contribution in [0.25, 0.3) is 22.4 Å².